The van der Waals surface area contributed by atoms with Crippen LogP contribution in [0.15, 0.2) is 52.4 Å². The van der Waals surface area contributed by atoms with Gasteiger partial charge in [0, 0.05) is 42.1 Å². The standard InChI is InChI=1S/C22H22Cl2N4O2/c23-15-3-1-14(2-4-15)21-12-17(26-30-21)13-27-9-7-18(8-10-27)28-20-11-16(24)5-6-19(20)25-22(28)29/h1-6,11,18,21H,7-10,12-13H2,(H,25,29). The zero-order valence-electron chi connectivity index (χ0n) is 16.4. The molecule has 2 aromatic carbocycles. The Hall–Kier alpha value is -2.28. The molecule has 0 bridgehead atoms. The molecule has 6 nitrogen and oxygen atoms in total. The maximum Gasteiger partial charge on any atom is 0.326 e. The van der Waals surface area contributed by atoms with Gasteiger partial charge in [-0.3, -0.25) is 9.47 Å². The number of hydrogen-bond donors (Lipinski definition) is 1. The topological polar surface area (TPSA) is 62.6 Å². The van der Waals surface area contributed by atoms with Gasteiger partial charge in [0.15, 0.2) is 6.10 Å². The van der Waals surface area contributed by atoms with Gasteiger partial charge in [-0.1, -0.05) is 40.5 Å². The van der Waals surface area contributed by atoms with E-state index in [-0.39, 0.29) is 17.8 Å². The highest BCUT2D eigenvalue weighted by Crippen LogP contribution is 2.30. The molecule has 8 heteroatoms. The lowest BCUT2D eigenvalue weighted by Crippen LogP contribution is -2.39. The third-order valence-corrected chi connectivity index (χ3v) is 6.47. The average molecular weight is 445 g/mol. The smallest absolute Gasteiger partial charge is 0.326 e. The molecule has 2 aliphatic rings. The van der Waals surface area contributed by atoms with Gasteiger partial charge in [-0.05, 0) is 48.7 Å². The molecular formula is C22H22Cl2N4O2. The molecule has 1 unspecified atom stereocenters. The van der Waals surface area contributed by atoms with Gasteiger partial charge in [0.2, 0.25) is 0 Å². The van der Waals surface area contributed by atoms with Crippen molar-refractivity contribution >= 4 is 39.9 Å². The van der Waals surface area contributed by atoms with E-state index < -0.39 is 0 Å². The first-order valence-electron chi connectivity index (χ1n) is 10.2. The number of nitrogens with one attached hydrogen (secondary N) is 1. The van der Waals surface area contributed by atoms with Gasteiger partial charge >= 0.3 is 5.69 Å². The van der Waals surface area contributed by atoms with Gasteiger partial charge in [-0.2, -0.15) is 0 Å². The van der Waals surface area contributed by atoms with E-state index in [2.05, 4.69) is 15.0 Å². The number of halogens is 2. The van der Waals surface area contributed by atoms with E-state index in [1.807, 2.05) is 41.0 Å². The number of likely N-dealkylation sites (tertiary alicyclic amines) is 1. The molecule has 1 aromatic heterocycles. The summed E-state index contributed by atoms with van der Waals surface area (Å²) in [4.78, 5) is 23.5. The fraction of sp³-hybridized carbons (Fsp3) is 0.364. The summed E-state index contributed by atoms with van der Waals surface area (Å²) in [6, 6.07) is 13.4. The van der Waals surface area contributed by atoms with Crippen LogP contribution >= 0.6 is 23.2 Å². The number of piperidine rings is 1. The van der Waals surface area contributed by atoms with Crippen LogP contribution in [0.3, 0.4) is 0 Å². The zero-order chi connectivity index (χ0) is 20.7. The zero-order valence-corrected chi connectivity index (χ0v) is 17.9. The van der Waals surface area contributed by atoms with Crippen molar-refractivity contribution in [1.82, 2.24) is 14.5 Å². The van der Waals surface area contributed by atoms with E-state index in [0.29, 0.717) is 5.02 Å². The second kappa shape index (κ2) is 8.10. The Balaban J connectivity index is 1.20. The average Bonchev–Trinajstić information content (AvgIpc) is 3.33. The lowest BCUT2D eigenvalue weighted by atomic mass is 10.0. The number of H-pyrrole nitrogens is 1. The summed E-state index contributed by atoms with van der Waals surface area (Å²) in [6.07, 6.45) is 2.58. The number of imidazole rings is 1. The summed E-state index contributed by atoms with van der Waals surface area (Å²) in [6.45, 7) is 2.62. The number of benzene rings is 2. The van der Waals surface area contributed by atoms with Crippen LogP contribution < -0.4 is 5.69 Å². The lowest BCUT2D eigenvalue weighted by molar-refractivity contribution is 0.0856. The minimum atomic E-state index is -0.0647. The number of fused-ring (bicyclic) bond motifs is 1. The number of nitrogens with zero attached hydrogens (tertiary/aromatic N) is 3. The molecule has 1 saturated heterocycles. The van der Waals surface area contributed by atoms with Gasteiger partial charge in [0.25, 0.3) is 0 Å². The number of aromatic amines is 1. The van der Waals surface area contributed by atoms with Gasteiger partial charge in [0.05, 0.1) is 16.7 Å². The molecule has 0 saturated carbocycles. The monoisotopic (exact) mass is 444 g/mol. The van der Waals surface area contributed by atoms with Crippen LogP contribution in [-0.2, 0) is 4.84 Å². The van der Waals surface area contributed by atoms with Crippen LogP contribution in [-0.4, -0.2) is 39.8 Å². The molecule has 0 aliphatic carbocycles. The second-order valence-corrected chi connectivity index (χ2v) is 8.85. The molecule has 5 rings (SSSR count). The second-order valence-electron chi connectivity index (χ2n) is 7.98. The number of rotatable bonds is 4. The highest BCUT2D eigenvalue weighted by Gasteiger charge is 2.28. The maximum atomic E-state index is 12.5. The molecule has 3 aromatic rings. The molecule has 3 heterocycles. The van der Waals surface area contributed by atoms with E-state index in [4.69, 9.17) is 28.0 Å². The van der Waals surface area contributed by atoms with Crippen LogP contribution in [0.4, 0.5) is 0 Å². The van der Waals surface area contributed by atoms with E-state index in [0.717, 1.165) is 66.2 Å². The van der Waals surface area contributed by atoms with Crippen LogP contribution in [0.2, 0.25) is 10.0 Å². The molecular weight excluding hydrogens is 423 g/mol. The third kappa shape index (κ3) is 3.87. The SMILES string of the molecule is O=c1[nH]c2ccc(Cl)cc2n1C1CCN(CC2=NOC(c3ccc(Cl)cc3)C2)CC1. The van der Waals surface area contributed by atoms with Crippen LogP contribution in [0.25, 0.3) is 11.0 Å². The Bertz CT molecular complexity index is 1140. The summed E-state index contributed by atoms with van der Waals surface area (Å²) in [7, 11) is 0. The molecule has 1 N–H and O–H groups in total. The van der Waals surface area contributed by atoms with Crippen molar-refractivity contribution in [3.8, 4) is 0 Å². The Kier molecular flexibility index (Phi) is 5.31. The summed E-state index contributed by atoms with van der Waals surface area (Å²) in [5.74, 6) is 0. The van der Waals surface area contributed by atoms with E-state index in [1.54, 1.807) is 6.07 Å². The molecule has 156 valence electrons. The van der Waals surface area contributed by atoms with Gasteiger partial charge in [0.1, 0.15) is 0 Å². The molecule has 2 aliphatic heterocycles. The number of aromatic nitrogens is 2. The summed E-state index contributed by atoms with van der Waals surface area (Å²) in [5, 5.41) is 5.67. The van der Waals surface area contributed by atoms with Crippen molar-refractivity contribution in [2.45, 2.75) is 31.4 Å². The maximum absolute atomic E-state index is 12.5. The molecule has 0 spiro atoms. The summed E-state index contributed by atoms with van der Waals surface area (Å²) in [5.41, 5.74) is 3.80. The van der Waals surface area contributed by atoms with Crippen molar-refractivity contribution in [3.63, 3.8) is 0 Å². The first-order chi connectivity index (χ1) is 14.6. The predicted octanol–water partition coefficient (Wildman–Crippen LogP) is 4.79. The van der Waals surface area contributed by atoms with Crippen LogP contribution in [0.1, 0.15) is 37.0 Å². The van der Waals surface area contributed by atoms with Gasteiger partial charge < -0.3 is 9.82 Å². The normalized spacial score (nSPS) is 20.5. The van der Waals surface area contributed by atoms with Crippen molar-refractivity contribution in [1.29, 1.82) is 0 Å². The van der Waals surface area contributed by atoms with Gasteiger partial charge in [-0.25, -0.2) is 4.79 Å². The summed E-state index contributed by atoms with van der Waals surface area (Å²) >= 11 is 12.1. The van der Waals surface area contributed by atoms with Crippen molar-refractivity contribution < 1.29 is 4.84 Å². The quantitative estimate of drug-likeness (QED) is 0.628. The first-order valence-corrected chi connectivity index (χ1v) is 10.9. The molecule has 1 atom stereocenters. The highest BCUT2D eigenvalue weighted by atomic mass is 35.5. The Morgan fingerprint density at radius 2 is 1.80 bits per heavy atom. The highest BCUT2D eigenvalue weighted by molar-refractivity contribution is 6.31. The fourth-order valence-corrected chi connectivity index (χ4v) is 4.72. The Labute approximate surface area is 184 Å². The number of hydrogen-bond acceptors (Lipinski definition) is 4. The number of oxime groups is 1. The van der Waals surface area contributed by atoms with E-state index in [1.165, 1.54) is 0 Å². The van der Waals surface area contributed by atoms with Crippen molar-refractivity contribution in [3.05, 3.63) is 68.6 Å². The fourth-order valence-electron chi connectivity index (χ4n) is 4.43. The lowest BCUT2D eigenvalue weighted by Gasteiger charge is -2.32. The minimum absolute atomic E-state index is 0.0376. The van der Waals surface area contributed by atoms with Crippen LogP contribution in [0.5, 0.6) is 0 Å². The Morgan fingerprint density at radius 3 is 2.57 bits per heavy atom. The minimum Gasteiger partial charge on any atom is -0.387 e. The molecule has 1 fully saturated rings. The molecule has 0 radical (unpaired) electrons. The van der Waals surface area contributed by atoms with E-state index in [9.17, 15) is 4.79 Å². The van der Waals surface area contributed by atoms with Crippen LogP contribution in [0, 0.1) is 0 Å². The van der Waals surface area contributed by atoms with Gasteiger partial charge in [-0.15, -0.1) is 0 Å². The Morgan fingerprint density at radius 1 is 1.07 bits per heavy atom. The van der Waals surface area contributed by atoms with E-state index >= 15 is 0 Å². The molecule has 30 heavy (non-hydrogen) atoms. The summed E-state index contributed by atoms with van der Waals surface area (Å²) < 4.78 is 1.87. The third-order valence-electron chi connectivity index (χ3n) is 5.98. The van der Waals surface area contributed by atoms with Crippen molar-refractivity contribution in [2.75, 3.05) is 19.6 Å². The first kappa shape index (κ1) is 19.7. The molecule has 0 amide bonds. The predicted molar refractivity (Wildman–Crippen MR) is 120 cm³/mol. The largest absolute Gasteiger partial charge is 0.387 e. The van der Waals surface area contributed by atoms with Crippen molar-refractivity contribution in [2.24, 2.45) is 5.16 Å².